The highest BCUT2D eigenvalue weighted by Crippen LogP contribution is 2.32. The van der Waals surface area contributed by atoms with Crippen LogP contribution in [-0.4, -0.2) is 56.2 Å². The fourth-order valence-corrected chi connectivity index (χ4v) is 4.21. The Kier molecular flexibility index (Phi) is 7.54. The number of hydrogen-bond acceptors (Lipinski definition) is 7. The lowest BCUT2D eigenvalue weighted by molar-refractivity contribution is -0.117. The first-order valence-corrected chi connectivity index (χ1v) is 12.1. The molecule has 0 saturated heterocycles. The van der Waals surface area contributed by atoms with Crippen molar-refractivity contribution in [1.82, 2.24) is 24.0 Å². The molecule has 1 aromatic carbocycles. The van der Waals surface area contributed by atoms with Gasteiger partial charge in [-0.3, -0.25) is 24.0 Å². The molecule has 0 spiro atoms. The number of nitrogens with one attached hydrogen (secondary N) is 2. The quantitative estimate of drug-likeness (QED) is 0.451. The van der Waals surface area contributed by atoms with E-state index in [1.54, 1.807) is 18.2 Å². The van der Waals surface area contributed by atoms with E-state index in [-0.39, 0.29) is 12.5 Å². The van der Waals surface area contributed by atoms with E-state index in [4.69, 9.17) is 9.47 Å². The van der Waals surface area contributed by atoms with E-state index < -0.39 is 11.2 Å². The molecule has 4 rings (SSSR count). The van der Waals surface area contributed by atoms with Crippen LogP contribution in [0.2, 0.25) is 0 Å². The van der Waals surface area contributed by atoms with Gasteiger partial charge in [0.2, 0.25) is 5.91 Å². The number of fused-ring (bicyclic) bond motifs is 2. The van der Waals surface area contributed by atoms with Crippen molar-refractivity contribution in [2.45, 2.75) is 53.2 Å². The number of aromatic amines is 1. The molecular weight excluding hydrogens is 452 g/mol. The SMILES string of the molecule is CCCCn1c(=O)[nH]c(=O)c2c1nc(CN(CC)CC(=O)Nc1ccc3c(c1)OCCO3)n2CC. The fourth-order valence-electron chi connectivity index (χ4n) is 4.21. The van der Waals surface area contributed by atoms with Crippen LogP contribution in [0.4, 0.5) is 5.69 Å². The molecule has 1 amide bonds. The van der Waals surface area contributed by atoms with Gasteiger partial charge in [-0.25, -0.2) is 9.78 Å². The van der Waals surface area contributed by atoms with E-state index in [1.807, 2.05) is 30.2 Å². The smallest absolute Gasteiger partial charge is 0.330 e. The van der Waals surface area contributed by atoms with Gasteiger partial charge in [-0.2, -0.15) is 0 Å². The number of carbonyl (C=O) groups is 1. The summed E-state index contributed by atoms with van der Waals surface area (Å²) in [6.45, 7) is 9.00. The molecule has 11 heteroatoms. The summed E-state index contributed by atoms with van der Waals surface area (Å²) in [5.74, 6) is 1.73. The van der Waals surface area contributed by atoms with E-state index in [0.29, 0.717) is 73.6 Å². The van der Waals surface area contributed by atoms with Gasteiger partial charge < -0.3 is 19.4 Å². The maximum Gasteiger partial charge on any atom is 0.330 e. The average molecular weight is 485 g/mol. The number of anilines is 1. The van der Waals surface area contributed by atoms with Gasteiger partial charge >= 0.3 is 5.69 Å². The number of H-pyrrole nitrogens is 1. The number of unbranched alkanes of at least 4 members (excludes halogenated alkanes) is 1. The van der Waals surface area contributed by atoms with Crippen molar-refractivity contribution in [1.29, 1.82) is 0 Å². The molecule has 188 valence electrons. The van der Waals surface area contributed by atoms with Crippen LogP contribution in [-0.2, 0) is 24.4 Å². The third kappa shape index (κ3) is 5.24. The zero-order chi connectivity index (χ0) is 24.9. The molecule has 0 atom stereocenters. The number of nitrogens with zero attached hydrogens (tertiary/aromatic N) is 4. The molecular formula is C24H32N6O5. The number of amides is 1. The van der Waals surface area contributed by atoms with Crippen molar-refractivity contribution in [2.24, 2.45) is 0 Å². The summed E-state index contributed by atoms with van der Waals surface area (Å²) in [4.78, 5) is 46.9. The second-order valence-electron chi connectivity index (χ2n) is 8.42. The third-order valence-corrected chi connectivity index (χ3v) is 6.02. The number of likely N-dealkylation sites (N-methyl/N-ethyl adjacent to an activating group) is 1. The average Bonchev–Trinajstić information content (AvgIpc) is 3.21. The molecule has 1 aliphatic rings. The molecule has 3 aromatic rings. The summed E-state index contributed by atoms with van der Waals surface area (Å²) in [5, 5.41) is 2.90. The molecule has 0 saturated carbocycles. The van der Waals surface area contributed by atoms with Gasteiger partial charge in [0.15, 0.2) is 22.7 Å². The Hall–Kier alpha value is -3.60. The van der Waals surface area contributed by atoms with Crippen LogP contribution in [0.15, 0.2) is 27.8 Å². The second kappa shape index (κ2) is 10.8. The monoisotopic (exact) mass is 484 g/mol. The molecule has 0 unspecified atom stereocenters. The van der Waals surface area contributed by atoms with Crippen LogP contribution in [0.1, 0.15) is 39.4 Å². The van der Waals surface area contributed by atoms with Crippen molar-refractivity contribution in [3.63, 3.8) is 0 Å². The molecule has 2 N–H and O–H groups in total. The maximum atomic E-state index is 12.8. The van der Waals surface area contributed by atoms with E-state index >= 15 is 0 Å². The Morgan fingerprint density at radius 1 is 1.14 bits per heavy atom. The zero-order valence-electron chi connectivity index (χ0n) is 20.4. The predicted octanol–water partition coefficient (Wildman–Crippen LogP) is 1.94. The Morgan fingerprint density at radius 3 is 2.63 bits per heavy atom. The molecule has 2 aromatic heterocycles. The third-order valence-electron chi connectivity index (χ3n) is 6.02. The van der Waals surface area contributed by atoms with Gasteiger partial charge in [-0.1, -0.05) is 20.3 Å². The van der Waals surface area contributed by atoms with Crippen molar-refractivity contribution < 1.29 is 14.3 Å². The van der Waals surface area contributed by atoms with E-state index in [9.17, 15) is 14.4 Å². The number of ether oxygens (including phenoxy) is 2. The summed E-state index contributed by atoms with van der Waals surface area (Å²) in [6.07, 6.45) is 1.72. The summed E-state index contributed by atoms with van der Waals surface area (Å²) in [6, 6.07) is 5.31. The van der Waals surface area contributed by atoms with Crippen molar-refractivity contribution in [3.8, 4) is 11.5 Å². The standard InChI is InChI=1S/C24H32N6O5/c1-4-7-10-30-22-21(23(32)27-24(30)33)29(6-3)19(26-22)14-28(5-2)15-20(31)25-16-8-9-17-18(13-16)35-12-11-34-17/h8-9,13H,4-7,10-12,14-15H2,1-3H3,(H,25,31)(H,27,32,33). The maximum absolute atomic E-state index is 12.8. The number of rotatable bonds is 10. The largest absolute Gasteiger partial charge is 0.486 e. The molecule has 0 radical (unpaired) electrons. The first-order chi connectivity index (χ1) is 16.9. The zero-order valence-corrected chi connectivity index (χ0v) is 20.4. The number of aromatic nitrogens is 4. The lowest BCUT2D eigenvalue weighted by Crippen LogP contribution is -2.33. The Labute approximate surface area is 202 Å². The highest BCUT2D eigenvalue weighted by Gasteiger charge is 2.20. The molecule has 0 fully saturated rings. The number of imidazole rings is 1. The number of benzene rings is 1. The Bertz CT molecular complexity index is 1320. The van der Waals surface area contributed by atoms with Crippen LogP contribution in [0.3, 0.4) is 0 Å². The molecule has 0 bridgehead atoms. The van der Waals surface area contributed by atoms with Crippen LogP contribution < -0.4 is 26.0 Å². The van der Waals surface area contributed by atoms with Crippen molar-refractivity contribution in [2.75, 3.05) is 31.6 Å². The van der Waals surface area contributed by atoms with Gasteiger partial charge in [0.25, 0.3) is 5.56 Å². The minimum Gasteiger partial charge on any atom is -0.486 e. The summed E-state index contributed by atoms with van der Waals surface area (Å²) in [5.41, 5.74) is 0.505. The Balaban J connectivity index is 1.54. The summed E-state index contributed by atoms with van der Waals surface area (Å²) >= 11 is 0. The van der Waals surface area contributed by atoms with Gasteiger partial charge in [0.1, 0.15) is 19.0 Å². The van der Waals surface area contributed by atoms with Gasteiger partial charge in [-0.15, -0.1) is 0 Å². The molecule has 1 aliphatic heterocycles. The van der Waals surface area contributed by atoms with Crippen LogP contribution in [0, 0.1) is 0 Å². The van der Waals surface area contributed by atoms with Gasteiger partial charge in [0.05, 0.1) is 13.1 Å². The summed E-state index contributed by atoms with van der Waals surface area (Å²) in [7, 11) is 0. The predicted molar refractivity (Wildman–Crippen MR) is 132 cm³/mol. The van der Waals surface area contributed by atoms with Crippen molar-refractivity contribution >= 4 is 22.8 Å². The first-order valence-electron chi connectivity index (χ1n) is 12.1. The van der Waals surface area contributed by atoms with E-state index in [2.05, 4.69) is 15.3 Å². The van der Waals surface area contributed by atoms with Crippen LogP contribution in [0.5, 0.6) is 11.5 Å². The van der Waals surface area contributed by atoms with Crippen molar-refractivity contribution in [3.05, 3.63) is 44.9 Å². The fraction of sp³-hybridized carbons (Fsp3) is 0.500. The van der Waals surface area contributed by atoms with Crippen LogP contribution >= 0.6 is 0 Å². The number of carbonyl (C=O) groups excluding carboxylic acids is 1. The van der Waals surface area contributed by atoms with Crippen LogP contribution in [0.25, 0.3) is 11.2 Å². The summed E-state index contributed by atoms with van der Waals surface area (Å²) < 4.78 is 14.5. The molecule has 3 heterocycles. The van der Waals surface area contributed by atoms with Gasteiger partial charge in [-0.05, 0) is 32.0 Å². The molecule has 35 heavy (non-hydrogen) atoms. The lowest BCUT2D eigenvalue weighted by Gasteiger charge is -2.21. The Morgan fingerprint density at radius 2 is 1.91 bits per heavy atom. The molecule has 0 aliphatic carbocycles. The normalized spacial score (nSPS) is 12.9. The van der Waals surface area contributed by atoms with Gasteiger partial charge in [0, 0.05) is 24.8 Å². The lowest BCUT2D eigenvalue weighted by atomic mass is 10.2. The van der Waals surface area contributed by atoms with E-state index in [1.165, 1.54) is 4.57 Å². The minimum atomic E-state index is -0.450. The number of hydrogen-bond donors (Lipinski definition) is 2. The minimum absolute atomic E-state index is 0.136. The highest BCUT2D eigenvalue weighted by molar-refractivity contribution is 5.92. The molecule has 11 nitrogen and oxygen atoms in total. The highest BCUT2D eigenvalue weighted by atomic mass is 16.6. The number of aryl methyl sites for hydroxylation is 2. The topological polar surface area (TPSA) is 123 Å². The second-order valence-corrected chi connectivity index (χ2v) is 8.42. The first kappa shape index (κ1) is 24.5. The van der Waals surface area contributed by atoms with E-state index in [0.717, 1.165) is 12.8 Å².